The van der Waals surface area contributed by atoms with E-state index < -0.39 is 5.95 Å². The van der Waals surface area contributed by atoms with Crippen molar-refractivity contribution >= 4 is 11.4 Å². The van der Waals surface area contributed by atoms with Gasteiger partial charge in [0.05, 0.1) is 36.3 Å². The van der Waals surface area contributed by atoms with Gasteiger partial charge in [0.25, 0.3) is 0 Å². The monoisotopic (exact) mass is 363 g/mol. The molecule has 0 unspecified atom stereocenters. The number of ether oxygens (including phenoxy) is 1. The maximum absolute atomic E-state index is 13.3. The summed E-state index contributed by atoms with van der Waals surface area (Å²) in [6, 6.07) is 5.96. The van der Waals surface area contributed by atoms with E-state index in [0.29, 0.717) is 34.2 Å². The molecule has 7 nitrogen and oxygen atoms in total. The van der Waals surface area contributed by atoms with E-state index in [1.807, 2.05) is 0 Å². The first-order valence-corrected chi connectivity index (χ1v) is 8.16. The van der Waals surface area contributed by atoms with Crippen molar-refractivity contribution in [3.05, 3.63) is 78.3 Å². The number of fused-ring (bicyclic) bond motifs is 1. The largest absolute Gasteiger partial charge is 0.453 e. The van der Waals surface area contributed by atoms with E-state index in [-0.39, 0.29) is 12.2 Å². The Morgan fingerprint density at radius 3 is 2.78 bits per heavy atom. The maximum Gasteiger partial charge on any atom is 0.213 e. The topological polar surface area (TPSA) is 82.3 Å². The predicted molar refractivity (Wildman–Crippen MR) is 94.3 cm³/mol. The minimum Gasteiger partial charge on any atom is -0.453 e. The van der Waals surface area contributed by atoms with Gasteiger partial charge in [0.15, 0.2) is 11.5 Å². The third-order valence-electron chi connectivity index (χ3n) is 3.87. The summed E-state index contributed by atoms with van der Waals surface area (Å²) >= 11 is 0. The first-order chi connectivity index (χ1) is 13.1. The lowest BCUT2D eigenvalue weighted by Crippen LogP contribution is -2.08. The minimum absolute atomic E-state index is 0.0443. The van der Waals surface area contributed by atoms with Crippen molar-refractivity contribution in [1.82, 2.24) is 24.3 Å². The molecule has 0 spiro atoms. The normalized spacial score (nSPS) is 10.9. The molecule has 0 saturated heterocycles. The quantitative estimate of drug-likeness (QED) is 0.400. The average molecular weight is 363 g/mol. The zero-order valence-electron chi connectivity index (χ0n) is 14.3. The predicted octanol–water partition coefficient (Wildman–Crippen LogP) is 3.18. The second-order valence-corrected chi connectivity index (χ2v) is 5.87. The Kier molecular flexibility index (Phi) is 4.29. The highest BCUT2D eigenvalue weighted by Crippen LogP contribution is 2.24. The van der Waals surface area contributed by atoms with Crippen molar-refractivity contribution in [3.63, 3.8) is 0 Å². The Bertz CT molecular complexity index is 1120. The summed E-state index contributed by atoms with van der Waals surface area (Å²) in [6.45, 7) is 1.78. The molecule has 0 aliphatic heterocycles. The Balaban J connectivity index is 1.67. The van der Waals surface area contributed by atoms with Gasteiger partial charge in [-0.05, 0) is 25.1 Å². The van der Waals surface area contributed by atoms with Gasteiger partial charge in [0.1, 0.15) is 17.2 Å². The number of halogens is 1. The zero-order valence-corrected chi connectivity index (χ0v) is 14.3. The van der Waals surface area contributed by atoms with Gasteiger partial charge < -0.3 is 9.14 Å². The summed E-state index contributed by atoms with van der Waals surface area (Å²) in [5, 5.41) is 0. The molecule has 8 heteroatoms. The number of hydrogen-bond acceptors (Lipinski definition) is 6. The number of carbonyl (C=O) groups is 1. The van der Waals surface area contributed by atoms with E-state index in [2.05, 4.69) is 19.9 Å². The molecule has 4 aromatic rings. The van der Waals surface area contributed by atoms with Gasteiger partial charge in [0.2, 0.25) is 5.95 Å². The van der Waals surface area contributed by atoms with Crippen LogP contribution in [0, 0.1) is 12.9 Å². The molecule has 0 aliphatic carbocycles. The zero-order chi connectivity index (χ0) is 18.8. The van der Waals surface area contributed by atoms with Crippen LogP contribution in [0.2, 0.25) is 0 Å². The highest BCUT2D eigenvalue weighted by atomic mass is 19.1. The van der Waals surface area contributed by atoms with Crippen LogP contribution in [-0.2, 0) is 6.42 Å². The van der Waals surface area contributed by atoms with Crippen LogP contribution in [0.3, 0.4) is 0 Å². The minimum atomic E-state index is -0.622. The van der Waals surface area contributed by atoms with E-state index >= 15 is 0 Å². The standard InChI is InChI=1S/C19H14FN5O2/c1-12-22-9-15(10-23-12)27-14-8-16(19-21-5-6-25(19)11-14)17(26)7-13-3-2-4-18(20)24-13/h2-6,8-11H,7H2,1H3. The molecule has 0 amide bonds. The highest BCUT2D eigenvalue weighted by molar-refractivity contribution is 6.02. The van der Waals surface area contributed by atoms with Gasteiger partial charge >= 0.3 is 0 Å². The van der Waals surface area contributed by atoms with Crippen molar-refractivity contribution in [1.29, 1.82) is 0 Å². The van der Waals surface area contributed by atoms with E-state index in [0.717, 1.165) is 0 Å². The van der Waals surface area contributed by atoms with Gasteiger partial charge in [-0.1, -0.05) is 6.07 Å². The fourth-order valence-electron chi connectivity index (χ4n) is 2.65. The van der Waals surface area contributed by atoms with Crippen LogP contribution < -0.4 is 4.74 Å². The van der Waals surface area contributed by atoms with Gasteiger partial charge in [0, 0.05) is 12.4 Å². The molecule has 134 valence electrons. The van der Waals surface area contributed by atoms with E-state index in [9.17, 15) is 9.18 Å². The van der Waals surface area contributed by atoms with Gasteiger partial charge in [-0.15, -0.1) is 0 Å². The SMILES string of the molecule is Cc1ncc(Oc2cc(C(=O)Cc3cccc(F)n3)c3nccn3c2)cn1. The van der Waals surface area contributed by atoms with Crippen LogP contribution in [0.15, 0.2) is 55.2 Å². The van der Waals surface area contributed by atoms with E-state index in [1.54, 1.807) is 54.4 Å². The fraction of sp³-hybridized carbons (Fsp3) is 0.105. The van der Waals surface area contributed by atoms with Crippen LogP contribution in [0.5, 0.6) is 11.5 Å². The number of aromatic nitrogens is 5. The Morgan fingerprint density at radius 1 is 1.19 bits per heavy atom. The Hall–Kier alpha value is -3.68. The maximum atomic E-state index is 13.3. The fourth-order valence-corrected chi connectivity index (χ4v) is 2.65. The molecular formula is C19H14FN5O2. The van der Waals surface area contributed by atoms with Crippen LogP contribution in [-0.4, -0.2) is 30.1 Å². The summed E-state index contributed by atoms with van der Waals surface area (Å²) in [5.41, 5.74) is 1.20. The molecule has 4 aromatic heterocycles. The second kappa shape index (κ2) is 6.91. The number of hydrogen-bond donors (Lipinski definition) is 0. The van der Waals surface area contributed by atoms with Crippen LogP contribution >= 0.6 is 0 Å². The molecule has 4 rings (SSSR count). The molecule has 0 aromatic carbocycles. The van der Waals surface area contributed by atoms with E-state index in [4.69, 9.17) is 4.74 Å². The third-order valence-corrected chi connectivity index (χ3v) is 3.87. The molecule has 0 aliphatic rings. The second-order valence-electron chi connectivity index (χ2n) is 5.87. The van der Waals surface area contributed by atoms with Gasteiger partial charge in [-0.3, -0.25) is 4.79 Å². The summed E-state index contributed by atoms with van der Waals surface area (Å²) < 4.78 is 20.7. The van der Waals surface area contributed by atoms with Crippen LogP contribution in [0.25, 0.3) is 5.65 Å². The number of aryl methyl sites for hydroxylation is 1. The van der Waals surface area contributed by atoms with Crippen LogP contribution in [0.4, 0.5) is 4.39 Å². The molecule has 4 heterocycles. The summed E-state index contributed by atoms with van der Waals surface area (Å²) in [5.74, 6) is 0.650. The van der Waals surface area contributed by atoms with Crippen molar-refractivity contribution in [3.8, 4) is 11.5 Å². The van der Waals surface area contributed by atoms with Crippen LogP contribution in [0.1, 0.15) is 21.9 Å². The summed E-state index contributed by atoms with van der Waals surface area (Å²) in [7, 11) is 0. The van der Waals surface area contributed by atoms with Crippen molar-refractivity contribution in [2.24, 2.45) is 0 Å². The Labute approximate surface area is 153 Å². The number of pyridine rings is 2. The summed E-state index contributed by atoms with van der Waals surface area (Å²) in [4.78, 5) is 28.9. The van der Waals surface area contributed by atoms with Crippen molar-refractivity contribution in [2.75, 3.05) is 0 Å². The molecule has 27 heavy (non-hydrogen) atoms. The molecule has 0 radical (unpaired) electrons. The molecular weight excluding hydrogens is 349 g/mol. The molecule has 0 atom stereocenters. The number of Topliss-reactive ketones (excluding diaryl/α,β-unsaturated/α-hetero) is 1. The Morgan fingerprint density at radius 2 is 2.00 bits per heavy atom. The summed E-state index contributed by atoms with van der Waals surface area (Å²) in [6.07, 6.45) is 8.07. The molecule has 0 bridgehead atoms. The van der Waals surface area contributed by atoms with Gasteiger partial charge in [-0.2, -0.15) is 4.39 Å². The first-order valence-electron chi connectivity index (χ1n) is 8.16. The highest BCUT2D eigenvalue weighted by Gasteiger charge is 2.16. The van der Waals surface area contributed by atoms with E-state index in [1.165, 1.54) is 12.1 Å². The molecule has 0 N–H and O–H groups in total. The van der Waals surface area contributed by atoms with Crippen molar-refractivity contribution in [2.45, 2.75) is 13.3 Å². The van der Waals surface area contributed by atoms with Crippen molar-refractivity contribution < 1.29 is 13.9 Å². The smallest absolute Gasteiger partial charge is 0.213 e. The number of rotatable bonds is 5. The number of carbonyl (C=O) groups excluding carboxylic acids is 1. The molecule has 0 saturated carbocycles. The average Bonchev–Trinajstić information content (AvgIpc) is 3.11. The molecule has 0 fully saturated rings. The third kappa shape index (κ3) is 3.64. The lowest BCUT2D eigenvalue weighted by molar-refractivity contribution is 0.0992. The first kappa shape index (κ1) is 16.8. The van der Waals surface area contributed by atoms with Gasteiger partial charge in [-0.25, -0.2) is 19.9 Å². The number of ketones is 1. The lowest BCUT2D eigenvalue weighted by atomic mass is 10.1. The number of imidazole rings is 1. The number of nitrogens with zero attached hydrogens (tertiary/aromatic N) is 5. The lowest BCUT2D eigenvalue weighted by Gasteiger charge is -2.09.